The Bertz CT molecular complexity index is 1480. The molecule has 0 unspecified atom stereocenters. The standard InChI is InChI=1S/C34H35N3O4/c1-36-18-20-37(21-19-36)17-16-25-12-15-32(41-24-26-8-4-2-5-9-26)30(22-25)33(38)35-31-23-28(13-14-29(31)34(39)40)27-10-6-3-7-11-27/h2-15,22-23H,16-21,24H2,1H3,(H,35,38)(H,39,40). The van der Waals surface area contributed by atoms with E-state index in [-0.39, 0.29) is 11.3 Å². The molecule has 0 spiro atoms. The first-order valence-electron chi connectivity index (χ1n) is 13.9. The lowest BCUT2D eigenvalue weighted by atomic mass is 10.0. The van der Waals surface area contributed by atoms with E-state index in [1.54, 1.807) is 12.1 Å². The molecule has 4 aromatic carbocycles. The van der Waals surface area contributed by atoms with E-state index in [1.165, 1.54) is 6.07 Å². The van der Waals surface area contributed by atoms with Crippen molar-refractivity contribution in [3.05, 3.63) is 119 Å². The van der Waals surface area contributed by atoms with Crippen molar-refractivity contribution < 1.29 is 19.4 Å². The van der Waals surface area contributed by atoms with Crippen molar-refractivity contribution in [3.63, 3.8) is 0 Å². The number of hydrogen-bond acceptors (Lipinski definition) is 5. The van der Waals surface area contributed by atoms with Crippen LogP contribution in [0, 0.1) is 0 Å². The summed E-state index contributed by atoms with van der Waals surface area (Å²) in [6, 6.07) is 30.1. The average molecular weight is 550 g/mol. The summed E-state index contributed by atoms with van der Waals surface area (Å²) in [5.74, 6) is -1.07. The zero-order chi connectivity index (χ0) is 28.6. The normalized spacial score (nSPS) is 14.0. The third-order valence-electron chi connectivity index (χ3n) is 7.44. The average Bonchev–Trinajstić information content (AvgIpc) is 3.00. The first-order chi connectivity index (χ1) is 20.0. The van der Waals surface area contributed by atoms with Gasteiger partial charge in [0.25, 0.3) is 5.91 Å². The molecular formula is C34H35N3O4. The fraction of sp³-hybridized carbons (Fsp3) is 0.235. The van der Waals surface area contributed by atoms with Crippen LogP contribution < -0.4 is 10.1 Å². The number of amides is 1. The topological polar surface area (TPSA) is 82.1 Å². The molecule has 0 radical (unpaired) electrons. The number of aromatic carboxylic acids is 1. The molecule has 1 amide bonds. The lowest BCUT2D eigenvalue weighted by Gasteiger charge is -2.32. The number of ether oxygens (including phenoxy) is 1. The summed E-state index contributed by atoms with van der Waals surface area (Å²) < 4.78 is 6.12. The number of likely N-dealkylation sites (N-methyl/N-ethyl adjacent to an activating group) is 1. The minimum absolute atomic E-state index is 0.0241. The maximum absolute atomic E-state index is 13.8. The van der Waals surface area contributed by atoms with Gasteiger partial charge in [-0.3, -0.25) is 4.79 Å². The molecule has 1 fully saturated rings. The first-order valence-corrected chi connectivity index (χ1v) is 13.9. The molecule has 41 heavy (non-hydrogen) atoms. The van der Waals surface area contributed by atoms with Crippen molar-refractivity contribution in [2.75, 3.05) is 45.1 Å². The molecule has 5 rings (SSSR count). The van der Waals surface area contributed by atoms with Crippen LogP contribution in [0.25, 0.3) is 11.1 Å². The van der Waals surface area contributed by atoms with Crippen molar-refractivity contribution in [3.8, 4) is 16.9 Å². The predicted molar refractivity (Wildman–Crippen MR) is 162 cm³/mol. The Hall–Kier alpha value is -4.46. The van der Waals surface area contributed by atoms with E-state index in [2.05, 4.69) is 22.2 Å². The number of nitrogens with zero attached hydrogens (tertiary/aromatic N) is 2. The number of rotatable bonds is 10. The number of carbonyl (C=O) groups is 2. The van der Waals surface area contributed by atoms with Crippen molar-refractivity contribution in [1.82, 2.24) is 9.80 Å². The number of piperazine rings is 1. The van der Waals surface area contributed by atoms with Crippen molar-refractivity contribution in [2.45, 2.75) is 13.0 Å². The molecule has 0 aliphatic carbocycles. The molecule has 4 aromatic rings. The van der Waals surface area contributed by atoms with Crippen LogP contribution in [0.5, 0.6) is 5.75 Å². The van der Waals surface area contributed by atoms with Gasteiger partial charge in [0.05, 0.1) is 16.8 Å². The quantitative estimate of drug-likeness (QED) is 0.265. The van der Waals surface area contributed by atoms with E-state index in [0.717, 1.165) is 61.4 Å². The highest BCUT2D eigenvalue weighted by molar-refractivity contribution is 6.09. The Balaban J connectivity index is 1.41. The molecule has 0 bridgehead atoms. The third-order valence-corrected chi connectivity index (χ3v) is 7.44. The molecule has 0 aromatic heterocycles. The summed E-state index contributed by atoms with van der Waals surface area (Å²) in [6.07, 6.45) is 0.798. The van der Waals surface area contributed by atoms with Crippen LogP contribution in [-0.4, -0.2) is 66.6 Å². The number of carbonyl (C=O) groups excluding carboxylic acids is 1. The second-order valence-electron chi connectivity index (χ2n) is 10.4. The first kappa shape index (κ1) is 28.1. The van der Waals surface area contributed by atoms with Crippen molar-refractivity contribution >= 4 is 17.6 Å². The monoisotopic (exact) mass is 549 g/mol. The molecule has 1 heterocycles. The van der Waals surface area contributed by atoms with Crippen molar-refractivity contribution in [1.29, 1.82) is 0 Å². The number of carboxylic acids is 1. The highest BCUT2D eigenvalue weighted by Gasteiger charge is 2.20. The van der Waals surface area contributed by atoms with Crippen LogP contribution in [0.15, 0.2) is 97.1 Å². The second kappa shape index (κ2) is 13.3. The van der Waals surface area contributed by atoms with Crippen LogP contribution in [0.4, 0.5) is 5.69 Å². The van der Waals surface area contributed by atoms with Gasteiger partial charge in [-0.25, -0.2) is 4.79 Å². The minimum atomic E-state index is -1.11. The third kappa shape index (κ3) is 7.39. The van der Waals surface area contributed by atoms with Gasteiger partial charge in [0.15, 0.2) is 0 Å². The van der Waals surface area contributed by atoms with Gasteiger partial charge in [0.2, 0.25) is 0 Å². The summed E-state index contributed by atoms with van der Waals surface area (Å²) in [5, 5.41) is 12.7. The molecule has 7 nitrogen and oxygen atoms in total. The largest absolute Gasteiger partial charge is 0.488 e. The van der Waals surface area contributed by atoms with Crippen LogP contribution >= 0.6 is 0 Å². The number of anilines is 1. The molecule has 0 atom stereocenters. The zero-order valence-corrected chi connectivity index (χ0v) is 23.3. The SMILES string of the molecule is CN1CCN(CCc2ccc(OCc3ccccc3)c(C(=O)Nc3cc(-c4ccccc4)ccc3C(=O)O)c2)CC1. The number of benzene rings is 4. The van der Waals surface area contributed by atoms with Gasteiger partial charge in [0, 0.05) is 32.7 Å². The highest BCUT2D eigenvalue weighted by Crippen LogP contribution is 2.28. The molecule has 1 aliphatic rings. The summed E-state index contributed by atoms with van der Waals surface area (Å²) in [4.78, 5) is 30.6. The van der Waals surface area contributed by atoms with Gasteiger partial charge >= 0.3 is 5.97 Å². The van der Waals surface area contributed by atoms with Gasteiger partial charge in [-0.2, -0.15) is 0 Å². The molecule has 0 saturated carbocycles. The zero-order valence-electron chi connectivity index (χ0n) is 23.3. The van der Waals surface area contributed by atoms with Gasteiger partial charge < -0.3 is 25.0 Å². The summed E-state index contributed by atoms with van der Waals surface area (Å²) in [6.45, 7) is 5.37. The Morgan fingerprint density at radius 3 is 2.20 bits per heavy atom. The summed E-state index contributed by atoms with van der Waals surface area (Å²) in [7, 11) is 2.14. The van der Waals surface area contributed by atoms with Gasteiger partial charge in [-0.05, 0) is 60.0 Å². The minimum Gasteiger partial charge on any atom is -0.488 e. The summed E-state index contributed by atoms with van der Waals surface area (Å²) in [5.41, 5.74) is 4.39. The van der Waals surface area contributed by atoms with E-state index in [0.29, 0.717) is 17.9 Å². The van der Waals surface area contributed by atoms with E-state index >= 15 is 0 Å². The summed E-state index contributed by atoms with van der Waals surface area (Å²) >= 11 is 0. The molecular weight excluding hydrogens is 514 g/mol. The fourth-order valence-corrected chi connectivity index (χ4v) is 4.96. The van der Waals surface area contributed by atoms with E-state index in [1.807, 2.05) is 78.9 Å². The van der Waals surface area contributed by atoms with Gasteiger partial charge in [-0.15, -0.1) is 0 Å². The Kier molecular flexibility index (Phi) is 9.08. The smallest absolute Gasteiger partial charge is 0.337 e. The Labute approximate surface area is 241 Å². The lowest BCUT2D eigenvalue weighted by molar-refractivity contribution is 0.0698. The predicted octanol–water partition coefficient (Wildman–Crippen LogP) is 5.67. The molecule has 210 valence electrons. The number of carboxylic acid groups (broad SMARTS) is 1. The van der Waals surface area contributed by atoms with Crippen LogP contribution in [0.1, 0.15) is 31.8 Å². The Morgan fingerprint density at radius 1 is 0.780 bits per heavy atom. The van der Waals surface area contributed by atoms with E-state index in [9.17, 15) is 14.7 Å². The maximum atomic E-state index is 13.8. The van der Waals surface area contributed by atoms with Gasteiger partial charge in [-0.1, -0.05) is 72.8 Å². The molecule has 7 heteroatoms. The highest BCUT2D eigenvalue weighted by atomic mass is 16.5. The lowest BCUT2D eigenvalue weighted by Crippen LogP contribution is -2.45. The van der Waals surface area contributed by atoms with Crippen LogP contribution in [0.2, 0.25) is 0 Å². The fourth-order valence-electron chi connectivity index (χ4n) is 4.96. The molecule has 1 saturated heterocycles. The Morgan fingerprint density at radius 2 is 1.49 bits per heavy atom. The van der Waals surface area contributed by atoms with Crippen molar-refractivity contribution in [2.24, 2.45) is 0 Å². The van der Waals surface area contributed by atoms with E-state index in [4.69, 9.17) is 4.74 Å². The number of hydrogen-bond donors (Lipinski definition) is 2. The van der Waals surface area contributed by atoms with E-state index < -0.39 is 11.9 Å². The van der Waals surface area contributed by atoms with Crippen LogP contribution in [-0.2, 0) is 13.0 Å². The second-order valence-corrected chi connectivity index (χ2v) is 10.4. The maximum Gasteiger partial charge on any atom is 0.337 e. The van der Waals surface area contributed by atoms with Crippen LogP contribution in [0.3, 0.4) is 0 Å². The molecule has 2 N–H and O–H groups in total. The number of nitrogens with one attached hydrogen (secondary N) is 1. The van der Waals surface area contributed by atoms with Gasteiger partial charge in [0.1, 0.15) is 12.4 Å². The molecule has 1 aliphatic heterocycles.